The van der Waals surface area contributed by atoms with Crippen LogP contribution >= 0.6 is 11.8 Å². The molecule has 1 unspecified atom stereocenters. The van der Waals surface area contributed by atoms with E-state index >= 15 is 0 Å². The van der Waals surface area contributed by atoms with Gasteiger partial charge in [0.15, 0.2) is 27.2 Å². The Morgan fingerprint density at radius 1 is 1.31 bits per heavy atom. The molecule has 1 fully saturated rings. The van der Waals surface area contributed by atoms with Gasteiger partial charge in [-0.2, -0.15) is 0 Å². The molecule has 1 aliphatic rings. The largest absolute Gasteiger partial charge is 0.493 e. The molecule has 2 N–H and O–H groups in total. The number of ether oxygens (including phenoxy) is 2. The summed E-state index contributed by atoms with van der Waals surface area (Å²) >= 11 is 1.14. The minimum absolute atomic E-state index is 0.0103. The van der Waals surface area contributed by atoms with Crippen molar-refractivity contribution in [3.8, 4) is 22.9 Å². The minimum Gasteiger partial charge on any atom is -0.493 e. The maximum absolute atomic E-state index is 12.4. The number of carbonyl (C=O) groups is 1. The number of hydrogen-bond acceptors (Lipinski definition) is 9. The Bertz CT molecular complexity index is 1010. The number of nitrogens with zero attached hydrogens (tertiary/aromatic N) is 4. The zero-order valence-corrected chi connectivity index (χ0v) is 18.0. The van der Waals surface area contributed by atoms with E-state index in [0.717, 1.165) is 11.8 Å². The molecule has 0 bridgehead atoms. The van der Waals surface area contributed by atoms with Crippen LogP contribution < -0.4 is 15.3 Å². The Balaban J connectivity index is 1.68. The summed E-state index contributed by atoms with van der Waals surface area (Å²) in [5.41, 5.74) is 0.684. The number of amides is 1. The summed E-state index contributed by atoms with van der Waals surface area (Å²) in [4.78, 5) is 13.9. The molecular formula is C17H23N5O5S2. The molecule has 158 valence electrons. The molecule has 2 heterocycles. The van der Waals surface area contributed by atoms with Gasteiger partial charge < -0.3 is 20.2 Å². The third kappa shape index (κ3) is 4.58. The molecule has 1 saturated heterocycles. The molecular weight excluding hydrogens is 418 g/mol. The van der Waals surface area contributed by atoms with Crippen molar-refractivity contribution in [1.82, 2.24) is 19.8 Å². The fourth-order valence-electron chi connectivity index (χ4n) is 3.06. The Hall–Kier alpha value is -2.47. The number of rotatable bonds is 7. The third-order valence-electron chi connectivity index (χ3n) is 4.78. The smallest absolute Gasteiger partial charge is 0.233 e. The lowest BCUT2D eigenvalue weighted by atomic mass is 10.2. The first-order valence-corrected chi connectivity index (χ1v) is 11.6. The van der Waals surface area contributed by atoms with E-state index in [-0.39, 0.29) is 29.2 Å². The normalized spacial score (nSPS) is 17.8. The van der Waals surface area contributed by atoms with E-state index in [0.29, 0.717) is 34.5 Å². The van der Waals surface area contributed by atoms with E-state index in [9.17, 15) is 13.2 Å². The van der Waals surface area contributed by atoms with E-state index in [2.05, 4.69) is 10.2 Å². The Morgan fingerprint density at radius 3 is 2.66 bits per heavy atom. The molecule has 3 rings (SSSR count). The summed E-state index contributed by atoms with van der Waals surface area (Å²) in [7, 11) is 1.65. The molecule has 1 aliphatic heterocycles. The van der Waals surface area contributed by atoms with Crippen LogP contribution in [0.1, 0.15) is 6.42 Å². The SMILES string of the molecule is COc1ccc(-c2nnc(SCC(=O)N(C)C3CCS(=O)(=O)C3)n2N)cc1OC. The van der Waals surface area contributed by atoms with Crippen LogP contribution in [0.2, 0.25) is 0 Å². The standard InChI is InChI=1S/C17H23N5O5S2/c1-21(12-6-7-29(24,25)10-12)15(23)9-28-17-20-19-16(22(17)18)11-4-5-13(26-2)14(8-11)27-3/h4-5,8,12H,6-7,9-10,18H2,1-3H3. The van der Waals surface area contributed by atoms with Gasteiger partial charge in [0.05, 0.1) is 31.5 Å². The van der Waals surface area contributed by atoms with E-state index in [4.69, 9.17) is 15.3 Å². The average molecular weight is 442 g/mol. The van der Waals surface area contributed by atoms with Crippen molar-refractivity contribution in [2.24, 2.45) is 0 Å². The second kappa shape index (κ2) is 8.49. The molecule has 0 saturated carbocycles. The van der Waals surface area contributed by atoms with Crippen molar-refractivity contribution in [2.45, 2.75) is 17.6 Å². The van der Waals surface area contributed by atoms with Crippen LogP contribution in [0.25, 0.3) is 11.4 Å². The van der Waals surface area contributed by atoms with Crippen LogP contribution in [0, 0.1) is 0 Å². The number of aromatic nitrogens is 3. The fraction of sp³-hybridized carbons (Fsp3) is 0.471. The van der Waals surface area contributed by atoms with Crippen molar-refractivity contribution in [2.75, 3.05) is 44.4 Å². The molecule has 12 heteroatoms. The summed E-state index contributed by atoms with van der Waals surface area (Å²) in [5.74, 6) is 7.66. The van der Waals surface area contributed by atoms with Crippen LogP contribution in [-0.4, -0.2) is 78.7 Å². The molecule has 0 radical (unpaired) electrons. The first-order chi connectivity index (χ1) is 13.8. The lowest BCUT2D eigenvalue weighted by Gasteiger charge is -2.23. The van der Waals surface area contributed by atoms with Gasteiger partial charge in [0, 0.05) is 18.7 Å². The zero-order valence-electron chi connectivity index (χ0n) is 16.4. The minimum atomic E-state index is -3.05. The van der Waals surface area contributed by atoms with E-state index in [1.54, 1.807) is 32.4 Å². The summed E-state index contributed by atoms with van der Waals surface area (Å²) in [6.45, 7) is 0. The summed E-state index contributed by atoms with van der Waals surface area (Å²) < 4.78 is 35.1. The maximum atomic E-state index is 12.4. The van der Waals surface area contributed by atoms with Crippen LogP contribution in [0.5, 0.6) is 11.5 Å². The average Bonchev–Trinajstić information content (AvgIpc) is 3.26. The number of benzene rings is 1. The molecule has 1 amide bonds. The van der Waals surface area contributed by atoms with Crippen molar-refractivity contribution in [3.63, 3.8) is 0 Å². The quantitative estimate of drug-likeness (QED) is 0.480. The van der Waals surface area contributed by atoms with E-state index in [1.165, 1.54) is 16.7 Å². The van der Waals surface area contributed by atoms with Gasteiger partial charge in [0.1, 0.15) is 0 Å². The number of hydrogen-bond donors (Lipinski definition) is 1. The van der Waals surface area contributed by atoms with Gasteiger partial charge in [-0.3, -0.25) is 4.79 Å². The lowest BCUT2D eigenvalue weighted by Crippen LogP contribution is -2.38. The van der Waals surface area contributed by atoms with E-state index < -0.39 is 9.84 Å². The van der Waals surface area contributed by atoms with Crippen LogP contribution in [0.4, 0.5) is 0 Å². The van der Waals surface area contributed by atoms with Crippen LogP contribution in [-0.2, 0) is 14.6 Å². The Morgan fingerprint density at radius 2 is 2.03 bits per heavy atom. The number of carbonyl (C=O) groups excluding carboxylic acids is 1. The molecule has 0 spiro atoms. The van der Waals surface area contributed by atoms with Crippen LogP contribution in [0.15, 0.2) is 23.4 Å². The number of nitrogens with two attached hydrogens (primary N) is 1. The predicted molar refractivity (Wildman–Crippen MR) is 109 cm³/mol. The highest BCUT2D eigenvalue weighted by molar-refractivity contribution is 7.99. The van der Waals surface area contributed by atoms with Gasteiger partial charge in [0.2, 0.25) is 11.1 Å². The van der Waals surface area contributed by atoms with Crippen molar-refractivity contribution in [3.05, 3.63) is 18.2 Å². The van der Waals surface area contributed by atoms with Gasteiger partial charge in [-0.05, 0) is 24.6 Å². The third-order valence-corrected chi connectivity index (χ3v) is 7.46. The molecule has 0 aliphatic carbocycles. The Kier molecular flexibility index (Phi) is 6.22. The number of sulfone groups is 1. The molecule has 1 aromatic carbocycles. The number of methoxy groups -OCH3 is 2. The second-order valence-electron chi connectivity index (χ2n) is 6.60. The zero-order chi connectivity index (χ0) is 21.2. The number of thioether (sulfide) groups is 1. The van der Waals surface area contributed by atoms with Crippen molar-refractivity contribution < 1.29 is 22.7 Å². The topological polar surface area (TPSA) is 130 Å². The van der Waals surface area contributed by atoms with Gasteiger partial charge in [-0.1, -0.05) is 11.8 Å². The highest BCUT2D eigenvalue weighted by Crippen LogP contribution is 2.32. The molecule has 2 aromatic rings. The van der Waals surface area contributed by atoms with E-state index in [1.807, 2.05) is 0 Å². The fourth-order valence-corrected chi connectivity index (χ4v) is 5.61. The summed E-state index contributed by atoms with van der Waals surface area (Å²) in [6, 6.07) is 4.97. The van der Waals surface area contributed by atoms with Gasteiger partial charge in [-0.15, -0.1) is 10.2 Å². The predicted octanol–water partition coefficient (Wildman–Crippen LogP) is 0.414. The number of nitrogen functional groups attached to an aromatic ring is 1. The Labute approximate surface area is 173 Å². The second-order valence-corrected chi connectivity index (χ2v) is 9.77. The summed E-state index contributed by atoms with van der Waals surface area (Å²) in [5, 5.41) is 8.53. The van der Waals surface area contributed by atoms with Crippen molar-refractivity contribution >= 4 is 27.5 Å². The van der Waals surface area contributed by atoms with Crippen molar-refractivity contribution in [1.29, 1.82) is 0 Å². The maximum Gasteiger partial charge on any atom is 0.233 e. The molecule has 29 heavy (non-hydrogen) atoms. The van der Waals surface area contributed by atoms with Gasteiger partial charge in [0.25, 0.3) is 0 Å². The molecule has 10 nitrogen and oxygen atoms in total. The first kappa shape index (κ1) is 21.2. The molecule has 1 aromatic heterocycles. The molecule has 1 atom stereocenters. The monoisotopic (exact) mass is 441 g/mol. The van der Waals surface area contributed by atoms with Crippen LogP contribution in [0.3, 0.4) is 0 Å². The van der Waals surface area contributed by atoms with Gasteiger partial charge >= 0.3 is 0 Å². The lowest BCUT2D eigenvalue weighted by molar-refractivity contribution is -0.128. The highest BCUT2D eigenvalue weighted by Gasteiger charge is 2.32. The highest BCUT2D eigenvalue weighted by atomic mass is 32.2. The summed E-state index contributed by atoms with van der Waals surface area (Å²) in [6.07, 6.45) is 0.464. The van der Waals surface area contributed by atoms with Gasteiger partial charge in [-0.25, -0.2) is 13.1 Å². The first-order valence-electron chi connectivity index (χ1n) is 8.77.